The molecule has 3 aromatic rings. The maximum Gasteiger partial charge on any atom is 0.471 e. The van der Waals surface area contributed by atoms with Crippen molar-refractivity contribution in [3.05, 3.63) is 83.7 Å². The Bertz CT molecular complexity index is 1360. The van der Waals surface area contributed by atoms with Crippen molar-refractivity contribution in [3.8, 4) is 0 Å². The highest BCUT2D eigenvalue weighted by Gasteiger charge is 2.47. The van der Waals surface area contributed by atoms with Gasteiger partial charge in [0.1, 0.15) is 6.04 Å². The Labute approximate surface area is 244 Å². The second-order valence-electron chi connectivity index (χ2n) is 9.96. The van der Waals surface area contributed by atoms with Crippen molar-refractivity contribution in [3.63, 3.8) is 0 Å². The van der Waals surface area contributed by atoms with Gasteiger partial charge in [0.2, 0.25) is 5.91 Å². The highest BCUT2D eigenvalue weighted by atomic mass is 32.2. The highest BCUT2D eigenvalue weighted by molar-refractivity contribution is 7.99. The molecule has 9 nitrogen and oxygen atoms in total. The Kier molecular flexibility index (Phi) is 9.41. The summed E-state index contributed by atoms with van der Waals surface area (Å²) in [7, 11) is 0. The number of amides is 2. The summed E-state index contributed by atoms with van der Waals surface area (Å²) >= 11 is 1.47. The van der Waals surface area contributed by atoms with Crippen LogP contribution in [-0.2, 0) is 25.7 Å². The zero-order valence-corrected chi connectivity index (χ0v) is 23.2. The van der Waals surface area contributed by atoms with E-state index in [9.17, 15) is 27.9 Å². The summed E-state index contributed by atoms with van der Waals surface area (Å²) in [5.41, 5.74) is 2.78. The molecule has 0 bridgehead atoms. The molecular formula is C29H29F3N4O5S. The van der Waals surface area contributed by atoms with E-state index in [1.165, 1.54) is 11.8 Å². The molecule has 5 rings (SSSR count). The Morgan fingerprint density at radius 3 is 2.38 bits per heavy atom. The van der Waals surface area contributed by atoms with Crippen LogP contribution in [0.5, 0.6) is 0 Å². The molecular weight excluding hydrogens is 573 g/mol. The summed E-state index contributed by atoms with van der Waals surface area (Å²) in [6.07, 6.45) is -1.87. The molecule has 0 unspecified atom stereocenters. The Morgan fingerprint density at radius 2 is 1.71 bits per heavy atom. The van der Waals surface area contributed by atoms with E-state index in [4.69, 9.17) is 9.47 Å². The van der Waals surface area contributed by atoms with Gasteiger partial charge in [-0.25, -0.2) is 9.97 Å². The van der Waals surface area contributed by atoms with Crippen LogP contribution in [0.1, 0.15) is 48.3 Å². The fourth-order valence-corrected chi connectivity index (χ4v) is 5.76. The van der Waals surface area contributed by atoms with Gasteiger partial charge in [-0.3, -0.25) is 9.59 Å². The molecule has 0 saturated carbocycles. The van der Waals surface area contributed by atoms with Gasteiger partial charge < -0.3 is 24.8 Å². The van der Waals surface area contributed by atoms with Gasteiger partial charge in [0.15, 0.2) is 11.4 Å². The van der Waals surface area contributed by atoms with Gasteiger partial charge in [-0.15, -0.1) is 0 Å². The van der Waals surface area contributed by atoms with Crippen LogP contribution in [0.2, 0.25) is 0 Å². The number of carbonyl (C=O) groups is 2. The molecule has 1 aromatic heterocycles. The average Bonchev–Trinajstić information content (AvgIpc) is 3.50. The lowest BCUT2D eigenvalue weighted by Gasteiger charge is -2.36. The molecule has 2 aromatic carbocycles. The normalized spacial score (nSPS) is 22.6. The van der Waals surface area contributed by atoms with Gasteiger partial charge in [0.25, 0.3) is 0 Å². The van der Waals surface area contributed by atoms with Crippen LogP contribution in [0.25, 0.3) is 0 Å². The molecule has 2 saturated heterocycles. The van der Waals surface area contributed by atoms with Crippen LogP contribution < -0.4 is 5.32 Å². The monoisotopic (exact) mass is 602 g/mol. The van der Waals surface area contributed by atoms with E-state index >= 15 is 0 Å². The number of hydrogen-bond acceptors (Lipinski definition) is 8. The van der Waals surface area contributed by atoms with Crippen molar-refractivity contribution in [2.45, 2.75) is 61.7 Å². The van der Waals surface area contributed by atoms with Crippen LogP contribution in [0, 0.1) is 0 Å². The van der Waals surface area contributed by atoms with Crippen molar-refractivity contribution in [2.24, 2.45) is 0 Å². The van der Waals surface area contributed by atoms with Crippen LogP contribution >= 0.6 is 11.8 Å². The van der Waals surface area contributed by atoms with Gasteiger partial charge in [0, 0.05) is 42.4 Å². The van der Waals surface area contributed by atoms with Crippen molar-refractivity contribution >= 4 is 29.3 Å². The molecule has 13 heteroatoms. The van der Waals surface area contributed by atoms with E-state index in [0.717, 1.165) is 11.1 Å². The number of anilines is 1. The number of alkyl halides is 3. The van der Waals surface area contributed by atoms with Gasteiger partial charge in [-0.1, -0.05) is 48.2 Å². The van der Waals surface area contributed by atoms with Crippen LogP contribution in [-0.4, -0.2) is 62.4 Å². The summed E-state index contributed by atoms with van der Waals surface area (Å²) in [6, 6.07) is 14.7. The number of ether oxygens (including phenoxy) is 2. The second kappa shape index (κ2) is 13.2. The smallest absolute Gasteiger partial charge is 0.392 e. The maximum absolute atomic E-state index is 13.0. The minimum absolute atomic E-state index is 0.0613. The fraction of sp³-hybridized carbons (Fsp3) is 0.379. The number of benzene rings is 2. The van der Waals surface area contributed by atoms with E-state index < -0.39 is 30.3 Å². The van der Waals surface area contributed by atoms with Crippen molar-refractivity contribution in [1.82, 2.24) is 14.9 Å². The molecule has 222 valence electrons. The third kappa shape index (κ3) is 7.27. The number of nitrogens with zero attached hydrogens (tertiary/aromatic N) is 3. The number of likely N-dealkylation sites (tertiary alicyclic amines) is 1. The largest absolute Gasteiger partial charge is 0.471 e. The summed E-state index contributed by atoms with van der Waals surface area (Å²) in [5.74, 6) is -2.10. The van der Waals surface area contributed by atoms with E-state index in [-0.39, 0.29) is 31.8 Å². The molecule has 3 heterocycles. The van der Waals surface area contributed by atoms with Gasteiger partial charge in [-0.05, 0) is 42.2 Å². The van der Waals surface area contributed by atoms with E-state index in [0.29, 0.717) is 39.9 Å². The highest BCUT2D eigenvalue weighted by Crippen LogP contribution is 2.39. The minimum Gasteiger partial charge on any atom is -0.392 e. The summed E-state index contributed by atoms with van der Waals surface area (Å²) in [4.78, 5) is 33.6. The molecule has 4 atom stereocenters. The van der Waals surface area contributed by atoms with Gasteiger partial charge in [0.05, 0.1) is 18.8 Å². The Morgan fingerprint density at radius 1 is 1.02 bits per heavy atom. The lowest BCUT2D eigenvalue weighted by atomic mass is 10.0. The molecule has 0 aliphatic carbocycles. The summed E-state index contributed by atoms with van der Waals surface area (Å²) in [5, 5.41) is 12.7. The SMILES string of the molecule is O=C(Nc1ccc([C@@H]2O[C@H](CSc3ncccn3)C[C@H](c3ccc(CO)cc3)O2)cc1)[C@@H]1CCCN1C(=O)C(F)(F)F. The first-order chi connectivity index (χ1) is 20.2. The molecule has 42 heavy (non-hydrogen) atoms. The molecule has 2 aliphatic heterocycles. The van der Waals surface area contributed by atoms with E-state index in [2.05, 4.69) is 15.3 Å². The number of carbonyl (C=O) groups excluding carboxylic acids is 2. The average molecular weight is 603 g/mol. The predicted molar refractivity (Wildman–Crippen MR) is 147 cm³/mol. The first kappa shape index (κ1) is 30.0. The molecule has 2 N–H and O–H groups in total. The van der Waals surface area contributed by atoms with Gasteiger partial charge >= 0.3 is 12.1 Å². The van der Waals surface area contributed by atoms with E-state index in [1.807, 2.05) is 24.3 Å². The molecule has 2 aliphatic rings. The first-order valence-corrected chi connectivity index (χ1v) is 14.4. The van der Waals surface area contributed by atoms with Gasteiger partial charge in [-0.2, -0.15) is 13.2 Å². The number of aliphatic hydroxyl groups is 1. The Hall–Kier alpha value is -3.52. The lowest BCUT2D eigenvalue weighted by Crippen LogP contribution is -2.48. The molecule has 0 spiro atoms. The third-order valence-corrected chi connectivity index (χ3v) is 8.07. The number of rotatable bonds is 8. The number of hydrogen-bond donors (Lipinski definition) is 2. The summed E-state index contributed by atoms with van der Waals surface area (Å²) in [6.45, 7) is -0.181. The number of aromatic nitrogens is 2. The zero-order chi connectivity index (χ0) is 29.7. The predicted octanol–water partition coefficient (Wildman–Crippen LogP) is 4.80. The first-order valence-electron chi connectivity index (χ1n) is 13.4. The quantitative estimate of drug-likeness (QED) is 0.279. The Balaban J connectivity index is 1.28. The number of aliphatic hydroxyl groups excluding tert-OH is 1. The molecule has 0 radical (unpaired) electrons. The second-order valence-corrected chi connectivity index (χ2v) is 10.9. The number of thioether (sulfide) groups is 1. The van der Waals surface area contributed by atoms with Crippen molar-refractivity contribution < 1.29 is 37.3 Å². The maximum atomic E-state index is 13.0. The van der Waals surface area contributed by atoms with Crippen LogP contribution in [0.3, 0.4) is 0 Å². The van der Waals surface area contributed by atoms with Crippen LogP contribution in [0.4, 0.5) is 18.9 Å². The fourth-order valence-electron chi connectivity index (χ4n) is 4.94. The minimum atomic E-state index is -5.03. The van der Waals surface area contributed by atoms with Crippen LogP contribution in [0.15, 0.2) is 72.1 Å². The zero-order valence-electron chi connectivity index (χ0n) is 22.4. The van der Waals surface area contributed by atoms with Crippen molar-refractivity contribution in [2.75, 3.05) is 17.6 Å². The van der Waals surface area contributed by atoms with Crippen molar-refractivity contribution in [1.29, 1.82) is 0 Å². The third-order valence-electron chi connectivity index (χ3n) is 7.06. The van der Waals surface area contributed by atoms with E-state index in [1.54, 1.807) is 42.7 Å². The number of nitrogens with one attached hydrogen (secondary N) is 1. The molecule has 2 fully saturated rings. The topological polar surface area (TPSA) is 114 Å². The summed E-state index contributed by atoms with van der Waals surface area (Å²) < 4.78 is 51.5. The number of halogens is 3. The lowest BCUT2D eigenvalue weighted by molar-refractivity contribution is -0.245. The molecule has 2 amide bonds. The standard InChI is InChI=1S/C29H29F3N4O5S/c30-29(31,32)27(39)36-14-1-3-23(36)25(38)35-21-10-8-20(9-11-21)26-40-22(17-42-28-33-12-2-13-34-28)15-24(41-26)19-6-4-18(16-37)5-7-19/h2,4-13,22-24,26,37H,1,3,14-17H2,(H,35,38)/t22-,23-,24+,26+/m0/s1.